The minimum absolute atomic E-state index is 0.0352. The van der Waals surface area contributed by atoms with Gasteiger partial charge in [0.05, 0.1) is 5.38 Å². The van der Waals surface area contributed by atoms with Crippen LogP contribution in [0.2, 0.25) is 0 Å². The van der Waals surface area contributed by atoms with Gasteiger partial charge < -0.3 is 0 Å². The lowest BCUT2D eigenvalue weighted by atomic mass is 10.0. The molecule has 3 heteroatoms. The van der Waals surface area contributed by atoms with Crippen molar-refractivity contribution in [1.29, 1.82) is 0 Å². The minimum Gasteiger partial charge on any atom is -0.261 e. The summed E-state index contributed by atoms with van der Waals surface area (Å²) in [6.07, 6.45) is 2.63. The lowest BCUT2D eigenvalue weighted by molar-refractivity contribution is 0.877. The molecule has 0 aliphatic heterocycles. The molecule has 94 valence electrons. The van der Waals surface area contributed by atoms with E-state index in [9.17, 15) is 0 Å². The predicted molar refractivity (Wildman–Crippen MR) is 80.2 cm³/mol. The molecule has 0 radical (unpaired) electrons. The molecule has 0 saturated carbocycles. The van der Waals surface area contributed by atoms with Crippen molar-refractivity contribution >= 4 is 27.5 Å². The Morgan fingerprint density at radius 1 is 1.22 bits per heavy atom. The smallest absolute Gasteiger partial charge is 0.0640 e. The van der Waals surface area contributed by atoms with Gasteiger partial charge in [0.15, 0.2) is 0 Å². The molecule has 1 nitrogen and oxygen atoms in total. The van der Waals surface area contributed by atoms with Crippen LogP contribution in [0.4, 0.5) is 0 Å². The Morgan fingerprint density at radius 3 is 2.61 bits per heavy atom. The standard InChI is InChI=1S/C15H15BrClN/c1-10-3-5-13(18-9-10)8-15(17)12-4-6-14(16)11(2)7-12/h3-7,9,15H,8H2,1-2H3. The van der Waals surface area contributed by atoms with Crippen molar-refractivity contribution in [3.05, 3.63) is 63.4 Å². The van der Waals surface area contributed by atoms with Crippen LogP contribution in [0, 0.1) is 13.8 Å². The number of aryl methyl sites for hydroxylation is 2. The van der Waals surface area contributed by atoms with Crippen LogP contribution in [0.15, 0.2) is 41.0 Å². The molecule has 1 heterocycles. The molecule has 1 aromatic heterocycles. The number of hydrogen-bond donors (Lipinski definition) is 0. The summed E-state index contributed by atoms with van der Waals surface area (Å²) >= 11 is 9.95. The second-order valence-electron chi connectivity index (χ2n) is 4.51. The highest BCUT2D eigenvalue weighted by molar-refractivity contribution is 9.10. The van der Waals surface area contributed by atoms with E-state index < -0.39 is 0 Å². The molecular formula is C15H15BrClN. The number of alkyl halides is 1. The first-order valence-corrected chi connectivity index (χ1v) is 7.11. The summed E-state index contributed by atoms with van der Waals surface area (Å²) in [4.78, 5) is 4.39. The summed E-state index contributed by atoms with van der Waals surface area (Å²) in [5.74, 6) is 0. The molecule has 0 aliphatic rings. The van der Waals surface area contributed by atoms with Gasteiger partial charge in [-0.05, 0) is 42.7 Å². The van der Waals surface area contributed by atoms with Crippen LogP contribution in [-0.2, 0) is 6.42 Å². The molecule has 1 unspecified atom stereocenters. The Labute approximate surface area is 121 Å². The van der Waals surface area contributed by atoms with E-state index in [0.717, 1.165) is 22.2 Å². The quantitative estimate of drug-likeness (QED) is 0.725. The van der Waals surface area contributed by atoms with Crippen LogP contribution in [-0.4, -0.2) is 4.98 Å². The molecule has 2 aromatic rings. The van der Waals surface area contributed by atoms with Gasteiger partial charge in [0.1, 0.15) is 0 Å². The number of aromatic nitrogens is 1. The summed E-state index contributed by atoms with van der Waals surface area (Å²) in [6.45, 7) is 4.11. The van der Waals surface area contributed by atoms with E-state index in [2.05, 4.69) is 46.0 Å². The van der Waals surface area contributed by atoms with E-state index in [-0.39, 0.29) is 5.38 Å². The van der Waals surface area contributed by atoms with Crippen molar-refractivity contribution in [2.45, 2.75) is 25.6 Å². The summed E-state index contributed by atoms with van der Waals surface area (Å²) in [5, 5.41) is -0.0352. The van der Waals surface area contributed by atoms with Gasteiger partial charge in [-0.25, -0.2) is 0 Å². The van der Waals surface area contributed by atoms with Crippen LogP contribution >= 0.6 is 27.5 Å². The molecule has 1 aromatic carbocycles. The molecule has 18 heavy (non-hydrogen) atoms. The molecule has 1 atom stereocenters. The Hall–Kier alpha value is -0.860. The van der Waals surface area contributed by atoms with Gasteiger partial charge in [-0.1, -0.05) is 34.1 Å². The third-order valence-corrected chi connectivity index (χ3v) is 4.20. The fourth-order valence-corrected chi connectivity index (χ4v) is 2.32. The third-order valence-electron chi connectivity index (χ3n) is 2.90. The predicted octanol–water partition coefficient (Wildman–Crippen LogP) is 4.98. The SMILES string of the molecule is Cc1ccc(CC(Cl)c2ccc(Br)c(C)c2)nc1. The molecule has 0 amide bonds. The second kappa shape index (κ2) is 5.85. The van der Waals surface area contributed by atoms with Crippen LogP contribution < -0.4 is 0 Å². The lowest BCUT2D eigenvalue weighted by Gasteiger charge is -2.11. The van der Waals surface area contributed by atoms with E-state index >= 15 is 0 Å². The summed E-state index contributed by atoms with van der Waals surface area (Å²) in [6, 6.07) is 10.3. The molecule has 0 N–H and O–H groups in total. The fraction of sp³-hybridized carbons (Fsp3) is 0.267. The highest BCUT2D eigenvalue weighted by Crippen LogP contribution is 2.27. The first-order valence-electron chi connectivity index (χ1n) is 5.88. The Balaban J connectivity index is 2.13. The first kappa shape index (κ1) is 13.6. The maximum atomic E-state index is 6.45. The van der Waals surface area contributed by atoms with Gasteiger partial charge >= 0.3 is 0 Å². The Bertz CT molecular complexity index is 537. The van der Waals surface area contributed by atoms with Crippen LogP contribution in [0.25, 0.3) is 0 Å². The Kier molecular flexibility index (Phi) is 4.41. The van der Waals surface area contributed by atoms with Gasteiger partial charge in [-0.2, -0.15) is 0 Å². The van der Waals surface area contributed by atoms with Gasteiger partial charge in [0, 0.05) is 22.8 Å². The maximum absolute atomic E-state index is 6.45. The normalized spacial score (nSPS) is 12.4. The number of hydrogen-bond acceptors (Lipinski definition) is 1. The third kappa shape index (κ3) is 3.33. The van der Waals surface area contributed by atoms with Gasteiger partial charge in [0.2, 0.25) is 0 Å². The number of nitrogens with zero attached hydrogens (tertiary/aromatic N) is 1. The van der Waals surface area contributed by atoms with Crippen LogP contribution in [0.5, 0.6) is 0 Å². The highest BCUT2D eigenvalue weighted by Gasteiger charge is 2.10. The van der Waals surface area contributed by atoms with Gasteiger partial charge in [0.25, 0.3) is 0 Å². The number of rotatable bonds is 3. The number of pyridine rings is 1. The topological polar surface area (TPSA) is 12.9 Å². The zero-order valence-corrected chi connectivity index (χ0v) is 12.8. The minimum atomic E-state index is -0.0352. The van der Waals surface area contributed by atoms with Crippen molar-refractivity contribution in [1.82, 2.24) is 4.98 Å². The van der Waals surface area contributed by atoms with E-state index in [1.165, 1.54) is 11.1 Å². The van der Waals surface area contributed by atoms with Crippen molar-refractivity contribution in [2.24, 2.45) is 0 Å². The summed E-state index contributed by atoms with van der Waals surface area (Å²) in [5.41, 5.74) is 4.54. The average Bonchev–Trinajstić information content (AvgIpc) is 2.35. The maximum Gasteiger partial charge on any atom is 0.0640 e. The zero-order chi connectivity index (χ0) is 13.1. The number of halogens is 2. The lowest BCUT2D eigenvalue weighted by Crippen LogP contribution is -1.99. The molecule has 0 fully saturated rings. The van der Waals surface area contributed by atoms with Crippen LogP contribution in [0.3, 0.4) is 0 Å². The van der Waals surface area contributed by atoms with Crippen molar-refractivity contribution in [2.75, 3.05) is 0 Å². The van der Waals surface area contributed by atoms with E-state index in [1.807, 2.05) is 25.3 Å². The largest absolute Gasteiger partial charge is 0.261 e. The van der Waals surface area contributed by atoms with Crippen LogP contribution in [0.1, 0.15) is 27.8 Å². The van der Waals surface area contributed by atoms with Gasteiger partial charge in [-0.3, -0.25) is 4.98 Å². The summed E-state index contributed by atoms with van der Waals surface area (Å²) < 4.78 is 1.11. The highest BCUT2D eigenvalue weighted by atomic mass is 79.9. The van der Waals surface area contributed by atoms with Gasteiger partial charge in [-0.15, -0.1) is 11.6 Å². The monoisotopic (exact) mass is 323 g/mol. The molecule has 0 aliphatic carbocycles. The van der Waals surface area contributed by atoms with E-state index in [0.29, 0.717) is 0 Å². The zero-order valence-electron chi connectivity index (χ0n) is 10.5. The van der Waals surface area contributed by atoms with Crippen molar-refractivity contribution in [3.8, 4) is 0 Å². The Morgan fingerprint density at radius 2 is 2.00 bits per heavy atom. The van der Waals surface area contributed by atoms with E-state index in [4.69, 9.17) is 11.6 Å². The number of benzene rings is 1. The van der Waals surface area contributed by atoms with Crippen molar-refractivity contribution < 1.29 is 0 Å². The molecule has 2 rings (SSSR count). The molecule has 0 bridgehead atoms. The average molecular weight is 325 g/mol. The fourth-order valence-electron chi connectivity index (χ4n) is 1.78. The first-order chi connectivity index (χ1) is 8.56. The molecular weight excluding hydrogens is 310 g/mol. The molecule has 0 spiro atoms. The van der Waals surface area contributed by atoms with Crippen molar-refractivity contribution in [3.63, 3.8) is 0 Å². The van der Waals surface area contributed by atoms with E-state index in [1.54, 1.807) is 0 Å². The molecule has 0 saturated heterocycles. The summed E-state index contributed by atoms with van der Waals surface area (Å²) in [7, 11) is 0. The second-order valence-corrected chi connectivity index (χ2v) is 5.89.